The number of halogens is 3. The van der Waals surface area contributed by atoms with E-state index in [2.05, 4.69) is 0 Å². The molecule has 1 fully saturated rings. The summed E-state index contributed by atoms with van der Waals surface area (Å²) in [6.07, 6.45) is 2.15. The summed E-state index contributed by atoms with van der Waals surface area (Å²) in [5, 5.41) is 0. The van der Waals surface area contributed by atoms with Gasteiger partial charge in [-0.2, -0.15) is 0 Å². The standard InChI is InChI=1S/C7H13F2N.ClH/c8-7(9)4-2-1-3-6(10)5-7;/h6H,1-5,10H2;1H. The fourth-order valence-corrected chi connectivity index (χ4v) is 1.38. The van der Waals surface area contributed by atoms with Crippen molar-refractivity contribution in [2.24, 2.45) is 5.73 Å². The first-order valence-corrected chi connectivity index (χ1v) is 3.73. The summed E-state index contributed by atoms with van der Waals surface area (Å²) in [4.78, 5) is 0. The van der Waals surface area contributed by atoms with Crippen LogP contribution in [0.4, 0.5) is 8.78 Å². The number of rotatable bonds is 0. The average Bonchev–Trinajstić information content (AvgIpc) is 1.90. The van der Waals surface area contributed by atoms with Crippen LogP contribution < -0.4 is 5.73 Å². The second-order valence-electron chi connectivity index (χ2n) is 3.07. The Labute approximate surface area is 71.7 Å². The van der Waals surface area contributed by atoms with Crippen molar-refractivity contribution in [2.75, 3.05) is 0 Å². The molecular formula is C7H14ClF2N. The highest BCUT2D eigenvalue weighted by molar-refractivity contribution is 5.85. The molecule has 68 valence electrons. The van der Waals surface area contributed by atoms with Crippen LogP contribution in [0.5, 0.6) is 0 Å². The maximum Gasteiger partial charge on any atom is 0.249 e. The Hall–Kier alpha value is 0.110. The lowest BCUT2D eigenvalue weighted by Crippen LogP contribution is -2.27. The molecule has 0 bridgehead atoms. The Morgan fingerprint density at radius 2 is 1.91 bits per heavy atom. The van der Waals surface area contributed by atoms with Gasteiger partial charge in [-0.3, -0.25) is 0 Å². The summed E-state index contributed by atoms with van der Waals surface area (Å²) in [7, 11) is 0. The van der Waals surface area contributed by atoms with Crippen molar-refractivity contribution in [1.29, 1.82) is 0 Å². The Kier molecular flexibility index (Phi) is 4.26. The van der Waals surface area contributed by atoms with Crippen LogP contribution in [0.3, 0.4) is 0 Å². The van der Waals surface area contributed by atoms with E-state index in [0.29, 0.717) is 6.42 Å². The minimum absolute atomic E-state index is 0. The maximum absolute atomic E-state index is 12.6. The Morgan fingerprint density at radius 1 is 1.27 bits per heavy atom. The van der Waals surface area contributed by atoms with Crippen LogP contribution in [0.25, 0.3) is 0 Å². The molecule has 0 aliphatic heterocycles. The van der Waals surface area contributed by atoms with Gasteiger partial charge in [-0.05, 0) is 12.8 Å². The molecule has 1 saturated carbocycles. The quantitative estimate of drug-likeness (QED) is 0.576. The highest BCUT2D eigenvalue weighted by atomic mass is 35.5. The molecule has 0 heterocycles. The summed E-state index contributed by atoms with van der Waals surface area (Å²) in [5.74, 6) is -2.49. The lowest BCUT2D eigenvalue weighted by molar-refractivity contribution is -0.0172. The van der Waals surface area contributed by atoms with Crippen molar-refractivity contribution in [3.63, 3.8) is 0 Å². The fourth-order valence-electron chi connectivity index (χ4n) is 1.38. The molecule has 0 aromatic heterocycles. The molecule has 0 aromatic carbocycles. The number of alkyl halides is 2. The van der Waals surface area contributed by atoms with E-state index in [9.17, 15) is 8.78 Å². The predicted octanol–water partition coefficient (Wildman–Crippen LogP) is 2.33. The van der Waals surface area contributed by atoms with Crippen LogP contribution in [-0.2, 0) is 0 Å². The van der Waals surface area contributed by atoms with E-state index in [4.69, 9.17) is 5.73 Å². The smallest absolute Gasteiger partial charge is 0.249 e. The molecule has 1 rings (SSSR count). The van der Waals surface area contributed by atoms with Crippen molar-refractivity contribution in [2.45, 2.75) is 44.1 Å². The van der Waals surface area contributed by atoms with Gasteiger partial charge in [0.2, 0.25) is 5.92 Å². The second-order valence-corrected chi connectivity index (χ2v) is 3.07. The first-order valence-electron chi connectivity index (χ1n) is 3.73. The molecule has 1 nitrogen and oxygen atoms in total. The topological polar surface area (TPSA) is 26.0 Å². The van der Waals surface area contributed by atoms with Crippen LogP contribution in [0.2, 0.25) is 0 Å². The minimum atomic E-state index is -2.49. The van der Waals surface area contributed by atoms with Crippen LogP contribution in [0.1, 0.15) is 32.1 Å². The second kappa shape index (κ2) is 4.21. The van der Waals surface area contributed by atoms with E-state index in [0.717, 1.165) is 12.8 Å². The predicted molar refractivity (Wildman–Crippen MR) is 43.3 cm³/mol. The third kappa shape index (κ3) is 3.87. The zero-order valence-electron chi connectivity index (χ0n) is 6.35. The van der Waals surface area contributed by atoms with Gasteiger partial charge in [0, 0.05) is 18.9 Å². The maximum atomic E-state index is 12.6. The first kappa shape index (κ1) is 11.1. The van der Waals surface area contributed by atoms with E-state index in [1.54, 1.807) is 0 Å². The molecule has 0 amide bonds. The average molecular weight is 186 g/mol. The molecular weight excluding hydrogens is 172 g/mol. The molecule has 1 aliphatic rings. The zero-order chi connectivity index (χ0) is 7.61. The van der Waals surface area contributed by atoms with Crippen LogP contribution >= 0.6 is 12.4 Å². The van der Waals surface area contributed by atoms with Crippen molar-refractivity contribution in [3.05, 3.63) is 0 Å². The summed E-state index contributed by atoms with van der Waals surface area (Å²) in [6.45, 7) is 0. The van der Waals surface area contributed by atoms with Gasteiger partial charge in [0.1, 0.15) is 0 Å². The van der Waals surface area contributed by atoms with Crippen LogP contribution in [0, 0.1) is 0 Å². The number of hydrogen-bond acceptors (Lipinski definition) is 1. The van der Waals surface area contributed by atoms with Crippen LogP contribution in [0.15, 0.2) is 0 Å². The van der Waals surface area contributed by atoms with E-state index in [-0.39, 0.29) is 31.3 Å². The molecule has 4 heteroatoms. The Bertz CT molecular complexity index is 119. The minimum Gasteiger partial charge on any atom is -0.327 e. The summed E-state index contributed by atoms with van der Waals surface area (Å²) >= 11 is 0. The Morgan fingerprint density at radius 3 is 2.55 bits per heavy atom. The third-order valence-electron chi connectivity index (χ3n) is 1.93. The van der Waals surface area contributed by atoms with E-state index >= 15 is 0 Å². The van der Waals surface area contributed by atoms with Gasteiger partial charge >= 0.3 is 0 Å². The number of hydrogen-bond donors (Lipinski definition) is 1. The molecule has 0 saturated heterocycles. The summed E-state index contributed by atoms with van der Waals surface area (Å²) < 4.78 is 25.3. The molecule has 0 spiro atoms. The summed E-state index contributed by atoms with van der Waals surface area (Å²) in [5.41, 5.74) is 5.43. The molecule has 2 N–H and O–H groups in total. The van der Waals surface area contributed by atoms with Gasteiger partial charge in [-0.25, -0.2) is 8.78 Å². The van der Waals surface area contributed by atoms with Gasteiger partial charge in [0.25, 0.3) is 0 Å². The van der Waals surface area contributed by atoms with Gasteiger partial charge in [0.15, 0.2) is 0 Å². The molecule has 0 radical (unpaired) electrons. The third-order valence-corrected chi connectivity index (χ3v) is 1.93. The molecule has 0 aromatic rings. The van der Waals surface area contributed by atoms with E-state index in [1.165, 1.54) is 0 Å². The van der Waals surface area contributed by atoms with Gasteiger partial charge in [-0.1, -0.05) is 6.42 Å². The van der Waals surface area contributed by atoms with Crippen molar-refractivity contribution in [1.82, 2.24) is 0 Å². The largest absolute Gasteiger partial charge is 0.327 e. The highest BCUT2D eigenvalue weighted by Crippen LogP contribution is 2.30. The van der Waals surface area contributed by atoms with Gasteiger partial charge < -0.3 is 5.73 Å². The van der Waals surface area contributed by atoms with E-state index < -0.39 is 5.92 Å². The molecule has 1 atom stereocenters. The Balaban J connectivity index is 0.000001000. The normalized spacial score (nSPS) is 30.3. The number of nitrogens with two attached hydrogens (primary N) is 1. The molecule has 1 unspecified atom stereocenters. The van der Waals surface area contributed by atoms with Gasteiger partial charge in [0.05, 0.1) is 0 Å². The lowest BCUT2D eigenvalue weighted by atomic mass is 10.1. The SMILES string of the molecule is Cl.NC1CCCCC(F)(F)C1. The van der Waals surface area contributed by atoms with Crippen molar-refractivity contribution in [3.8, 4) is 0 Å². The first-order chi connectivity index (χ1) is 4.60. The molecule has 1 aliphatic carbocycles. The van der Waals surface area contributed by atoms with Gasteiger partial charge in [-0.15, -0.1) is 12.4 Å². The summed E-state index contributed by atoms with van der Waals surface area (Å²) in [6, 6.07) is -0.280. The van der Waals surface area contributed by atoms with Crippen molar-refractivity contribution >= 4 is 12.4 Å². The fraction of sp³-hybridized carbons (Fsp3) is 1.00. The lowest BCUT2D eigenvalue weighted by Gasteiger charge is -2.15. The zero-order valence-corrected chi connectivity index (χ0v) is 7.17. The monoisotopic (exact) mass is 185 g/mol. The molecule has 11 heavy (non-hydrogen) atoms. The highest BCUT2D eigenvalue weighted by Gasteiger charge is 2.32. The van der Waals surface area contributed by atoms with Crippen molar-refractivity contribution < 1.29 is 8.78 Å². The van der Waals surface area contributed by atoms with E-state index in [1.807, 2.05) is 0 Å². The van der Waals surface area contributed by atoms with Crippen LogP contribution in [-0.4, -0.2) is 12.0 Å².